The van der Waals surface area contributed by atoms with Crippen LogP contribution in [0.4, 0.5) is 5.82 Å². The van der Waals surface area contributed by atoms with E-state index in [0.717, 1.165) is 25.2 Å². The Labute approximate surface area is 103 Å². The van der Waals surface area contributed by atoms with E-state index in [-0.39, 0.29) is 6.10 Å². The summed E-state index contributed by atoms with van der Waals surface area (Å²) in [4.78, 5) is 6.64. The molecule has 2 heterocycles. The summed E-state index contributed by atoms with van der Waals surface area (Å²) in [5, 5.41) is 12.8. The summed E-state index contributed by atoms with van der Waals surface area (Å²) >= 11 is 0. The number of piperidine rings is 1. The maximum atomic E-state index is 9.64. The second-order valence-electron chi connectivity index (χ2n) is 4.70. The van der Waals surface area contributed by atoms with E-state index in [4.69, 9.17) is 0 Å². The monoisotopic (exact) mass is 235 g/mol. The fourth-order valence-electron chi connectivity index (χ4n) is 2.17. The molecule has 0 amide bonds. The highest BCUT2D eigenvalue weighted by molar-refractivity contribution is 5.40. The fraction of sp³-hybridized carbons (Fsp3) is 0.615. The van der Waals surface area contributed by atoms with Crippen LogP contribution in [0.5, 0.6) is 0 Å². The molecule has 0 bridgehead atoms. The first-order valence-corrected chi connectivity index (χ1v) is 6.27. The molecule has 0 radical (unpaired) electrons. The van der Waals surface area contributed by atoms with E-state index in [1.54, 1.807) is 0 Å². The third-order valence-electron chi connectivity index (χ3n) is 3.42. The highest BCUT2D eigenvalue weighted by atomic mass is 16.3. The molecule has 2 atom stereocenters. The van der Waals surface area contributed by atoms with E-state index in [1.807, 2.05) is 19.3 Å². The van der Waals surface area contributed by atoms with Crippen LogP contribution in [0.15, 0.2) is 18.3 Å². The number of pyridine rings is 1. The molecule has 2 unspecified atom stereocenters. The molecular formula is C13H21N3O. The van der Waals surface area contributed by atoms with Crippen molar-refractivity contribution < 1.29 is 5.11 Å². The summed E-state index contributed by atoms with van der Waals surface area (Å²) in [7, 11) is 1.94. The van der Waals surface area contributed by atoms with Gasteiger partial charge in [-0.25, -0.2) is 4.98 Å². The second-order valence-corrected chi connectivity index (χ2v) is 4.70. The molecule has 1 fully saturated rings. The minimum Gasteiger partial charge on any atom is -0.391 e. The quantitative estimate of drug-likeness (QED) is 0.829. The zero-order valence-corrected chi connectivity index (χ0v) is 10.6. The molecule has 0 spiro atoms. The molecule has 2 N–H and O–H groups in total. The lowest BCUT2D eigenvalue weighted by Gasteiger charge is -2.31. The molecule has 17 heavy (non-hydrogen) atoms. The fourth-order valence-corrected chi connectivity index (χ4v) is 2.17. The van der Waals surface area contributed by atoms with Gasteiger partial charge in [0.2, 0.25) is 0 Å². The zero-order chi connectivity index (χ0) is 12.3. The third kappa shape index (κ3) is 2.96. The van der Waals surface area contributed by atoms with Gasteiger partial charge in [0.15, 0.2) is 0 Å². The Morgan fingerprint density at radius 2 is 2.35 bits per heavy atom. The summed E-state index contributed by atoms with van der Waals surface area (Å²) < 4.78 is 0. The first kappa shape index (κ1) is 12.3. The molecule has 1 aliphatic rings. The summed E-state index contributed by atoms with van der Waals surface area (Å²) in [5.74, 6) is 0.968. The van der Waals surface area contributed by atoms with E-state index in [9.17, 15) is 5.11 Å². The van der Waals surface area contributed by atoms with Crippen molar-refractivity contribution >= 4 is 5.82 Å². The zero-order valence-electron chi connectivity index (χ0n) is 10.6. The summed E-state index contributed by atoms with van der Waals surface area (Å²) in [5.41, 5.74) is 1.19. The number of hydrogen-bond donors (Lipinski definition) is 2. The maximum absolute atomic E-state index is 9.64. The third-order valence-corrected chi connectivity index (χ3v) is 3.42. The van der Waals surface area contributed by atoms with E-state index in [0.29, 0.717) is 12.6 Å². The van der Waals surface area contributed by atoms with Gasteiger partial charge in [-0.3, -0.25) is 0 Å². The van der Waals surface area contributed by atoms with Gasteiger partial charge >= 0.3 is 0 Å². The van der Waals surface area contributed by atoms with Crippen molar-refractivity contribution in [1.29, 1.82) is 0 Å². The molecule has 4 nitrogen and oxygen atoms in total. The van der Waals surface area contributed by atoms with Gasteiger partial charge in [-0.2, -0.15) is 0 Å². The van der Waals surface area contributed by atoms with E-state index in [1.165, 1.54) is 5.56 Å². The van der Waals surface area contributed by atoms with Crippen molar-refractivity contribution in [3.05, 3.63) is 23.9 Å². The Morgan fingerprint density at radius 3 is 2.94 bits per heavy atom. The number of aliphatic hydroxyl groups excluding tert-OH is 1. The van der Waals surface area contributed by atoms with Crippen LogP contribution in [-0.4, -0.2) is 36.3 Å². The molecule has 1 saturated heterocycles. The SMILES string of the molecule is CNC(C)c1ccc(N2CCCC(O)C2)nc1. The first-order chi connectivity index (χ1) is 8.20. The number of aromatic nitrogens is 1. The molecule has 1 aliphatic heterocycles. The molecule has 0 aromatic carbocycles. The molecular weight excluding hydrogens is 214 g/mol. The summed E-state index contributed by atoms with van der Waals surface area (Å²) in [6.07, 6.45) is 3.65. The predicted octanol–water partition coefficient (Wildman–Crippen LogP) is 1.32. The minimum atomic E-state index is -0.207. The molecule has 94 valence electrons. The van der Waals surface area contributed by atoms with Gasteiger partial charge in [-0.15, -0.1) is 0 Å². The van der Waals surface area contributed by atoms with Gasteiger partial charge in [0.1, 0.15) is 5.82 Å². The maximum Gasteiger partial charge on any atom is 0.128 e. The molecule has 4 heteroatoms. The highest BCUT2D eigenvalue weighted by Crippen LogP contribution is 2.19. The smallest absolute Gasteiger partial charge is 0.128 e. The minimum absolute atomic E-state index is 0.207. The lowest BCUT2D eigenvalue weighted by Crippen LogP contribution is -2.38. The number of aliphatic hydroxyl groups is 1. The second kappa shape index (κ2) is 5.47. The summed E-state index contributed by atoms with van der Waals surface area (Å²) in [6.45, 7) is 3.81. The van der Waals surface area contributed by atoms with Crippen LogP contribution in [-0.2, 0) is 0 Å². The van der Waals surface area contributed by atoms with Gasteiger partial charge in [0, 0.05) is 25.3 Å². The Balaban J connectivity index is 2.06. The topological polar surface area (TPSA) is 48.4 Å². The largest absolute Gasteiger partial charge is 0.391 e. The van der Waals surface area contributed by atoms with Crippen LogP contribution < -0.4 is 10.2 Å². The van der Waals surface area contributed by atoms with Gasteiger partial charge < -0.3 is 15.3 Å². The van der Waals surface area contributed by atoms with Crippen molar-refractivity contribution in [3.8, 4) is 0 Å². The van der Waals surface area contributed by atoms with Crippen molar-refractivity contribution in [2.24, 2.45) is 0 Å². The first-order valence-electron chi connectivity index (χ1n) is 6.27. The van der Waals surface area contributed by atoms with Crippen molar-refractivity contribution in [2.75, 3.05) is 25.0 Å². The van der Waals surface area contributed by atoms with Crippen LogP contribution in [0, 0.1) is 0 Å². The van der Waals surface area contributed by atoms with Crippen LogP contribution in [0.25, 0.3) is 0 Å². The molecule has 1 aromatic heterocycles. The normalized spacial score (nSPS) is 22.5. The van der Waals surface area contributed by atoms with Crippen molar-refractivity contribution in [3.63, 3.8) is 0 Å². The number of rotatable bonds is 3. The Hall–Kier alpha value is -1.13. The number of hydrogen-bond acceptors (Lipinski definition) is 4. The van der Waals surface area contributed by atoms with Crippen LogP contribution in [0.1, 0.15) is 31.4 Å². The van der Waals surface area contributed by atoms with Gasteiger partial charge in [0.25, 0.3) is 0 Å². The van der Waals surface area contributed by atoms with Crippen LogP contribution in [0.3, 0.4) is 0 Å². The highest BCUT2D eigenvalue weighted by Gasteiger charge is 2.18. The van der Waals surface area contributed by atoms with Gasteiger partial charge in [-0.1, -0.05) is 6.07 Å². The lowest BCUT2D eigenvalue weighted by molar-refractivity contribution is 0.154. The summed E-state index contributed by atoms with van der Waals surface area (Å²) in [6, 6.07) is 4.47. The van der Waals surface area contributed by atoms with Crippen LogP contribution >= 0.6 is 0 Å². The van der Waals surface area contributed by atoms with E-state index < -0.39 is 0 Å². The average Bonchev–Trinajstić information content (AvgIpc) is 2.38. The Kier molecular flexibility index (Phi) is 3.97. The Bertz CT molecular complexity index is 352. The predicted molar refractivity (Wildman–Crippen MR) is 69.2 cm³/mol. The molecule has 1 aromatic rings. The average molecular weight is 235 g/mol. The number of nitrogens with zero attached hydrogens (tertiary/aromatic N) is 2. The Morgan fingerprint density at radius 1 is 1.53 bits per heavy atom. The molecule has 0 aliphatic carbocycles. The van der Waals surface area contributed by atoms with E-state index >= 15 is 0 Å². The lowest BCUT2D eigenvalue weighted by atomic mass is 10.1. The number of nitrogens with one attached hydrogen (secondary N) is 1. The molecule has 2 rings (SSSR count). The van der Waals surface area contributed by atoms with E-state index in [2.05, 4.69) is 28.2 Å². The number of anilines is 1. The van der Waals surface area contributed by atoms with Crippen LogP contribution in [0.2, 0.25) is 0 Å². The van der Waals surface area contributed by atoms with Gasteiger partial charge in [0.05, 0.1) is 6.10 Å². The number of β-amino-alcohol motifs (C(OH)–C–C–N with tert-alkyl or cyclic N) is 1. The van der Waals surface area contributed by atoms with Crippen molar-refractivity contribution in [2.45, 2.75) is 31.9 Å². The van der Waals surface area contributed by atoms with Crippen molar-refractivity contribution in [1.82, 2.24) is 10.3 Å². The standard InChI is InChI=1S/C13H21N3O/c1-10(14-2)11-5-6-13(15-8-11)16-7-3-4-12(17)9-16/h5-6,8,10,12,14,17H,3-4,7,9H2,1-2H3. The molecule has 0 saturated carbocycles. The van der Waals surface area contributed by atoms with Gasteiger partial charge in [-0.05, 0) is 38.4 Å².